The average Bonchev–Trinajstić information content (AvgIpc) is 2.47. The minimum absolute atomic E-state index is 0.379. The Kier molecular flexibility index (Phi) is 3.18. The molecule has 0 N–H and O–H groups in total. The lowest BCUT2D eigenvalue weighted by Crippen LogP contribution is -2.09. The van der Waals surface area contributed by atoms with Crippen LogP contribution in [0.1, 0.15) is 51.4 Å². The third kappa shape index (κ3) is 2.14. The second kappa shape index (κ2) is 4.59. The van der Waals surface area contributed by atoms with Crippen molar-refractivity contribution in [1.29, 1.82) is 0 Å². The van der Waals surface area contributed by atoms with Gasteiger partial charge in [0.05, 0.1) is 0 Å². The van der Waals surface area contributed by atoms with E-state index < -0.39 is 0 Å². The minimum atomic E-state index is 0.379. The molecular weight excluding hydrogens is 172 g/mol. The average molecular weight is 190 g/mol. The number of Topliss-reactive ketones (excluding diaryl/α,β-unsaturated/α-hetero) is 1. The van der Waals surface area contributed by atoms with Gasteiger partial charge in [-0.05, 0) is 44.1 Å². The summed E-state index contributed by atoms with van der Waals surface area (Å²) < 4.78 is 0. The molecular formula is C13H18O. The van der Waals surface area contributed by atoms with Crippen molar-refractivity contribution >= 4 is 5.78 Å². The number of hydrogen-bond donors (Lipinski definition) is 0. The molecule has 0 aromatic carbocycles. The Bertz CT molecular complexity index is 284. The van der Waals surface area contributed by atoms with Crippen molar-refractivity contribution in [1.82, 2.24) is 0 Å². The lowest BCUT2D eigenvalue weighted by atomic mass is 9.90. The fraction of sp³-hybridized carbons (Fsp3) is 0.615. The quantitative estimate of drug-likeness (QED) is 0.618. The first-order valence-electron chi connectivity index (χ1n) is 5.81. The van der Waals surface area contributed by atoms with E-state index in [1.165, 1.54) is 31.3 Å². The van der Waals surface area contributed by atoms with Crippen LogP contribution in [0.2, 0.25) is 0 Å². The molecule has 0 heterocycles. The maximum absolute atomic E-state index is 11.7. The normalized spacial score (nSPS) is 23.9. The second-order valence-corrected chi connectivity index (χ2v) is 4.26. The first-order valence-corrected chi connectivity index (χ1v) is 5.81. The van der Waals surface area contributed by atoms with E-state index in [1.807, 2.05) is 0 Å². The van der Waals surface area contributed by atoms with Gasteiger partial charge in [0.2, 0.25) is 0 Å². The monoisotopic (exact) mass is 190 g/mol. The first kappa shape index (κ1) is 9.70. The molecule has 0 aromatic rings. The van der Waals surface area contributed by atoms with Gasteiger partial charge in [-0.2, -0.15) is 0 Å². The van der Waals surface area contributed by atoms with E-state index in [0.717, 1.165) is 31.3 Å². The van der Waals surface area contributed by atoms with Crippen LogP contribution >= 0.6 is 0 Å². The molecule has 0 unspecified atom stereocenters. The molecule has 2 aliphatic carbocycles. The summed E-state index contributed by atoms with van der Waals surface area (Å²) in [5.74, 6) is 0.379. The number of rotatable bonds is 1. The molecule has 0 saturated heterocycles. The molecule has 0 amide bonds. The zero-order chi connectivity index (χ0) is 9.80. The van der Waals surface area contributed by atoms with Gasteiger partial charge in [0.15, 0.2) is 5.78 Å². The highest BCUT2D eigenvalue weighted by Gasteiger charge is 2.17. The van der Waals surface area contributed by atoms with Crippen molar-refractivity contribution in [2.24, 2.45) is 0 Å². The van der Waals surface area contributed by atoms with Crippen LogP contribution in [-0.2, 0) is 4.79 Å². The molecule has 0 spiro atoms. The molecule has 0 atom stereocenters. The topological polar surface area (TPSA) is 17.1 Å². The highest BCUT2D eigenvalue weighted by atomic mass is 16.1. The standard InChI is InChI=1S/C13H18O/c14-13-10-6-5-9-12(13)11-7-3-1-2-4-8-11/h7,9H,1-6,8,10H2. The summed E-state index contributed by atoms with van der Waals surface area (Å²) in [5, 5.41) is 0. The Morgan fingerprint density at radius 1 is 0.857 bits per heavy atom. The summed E-state index contributed by atoms with van der Waals surface area (Å²) >= 11 is 0. The van der Waals surface area contributed by atoms with Gasteiger partial charge >= 0.3 is 0 Å². The second-order valence-electron chi connectivity index (χ2n) is 4.26. The highest BCUT2D eigenvalue weighted by molar-refractivity contribution is 6.00. The third-order valence-corrected chi connectivity index (χ3v) is 3.14. The van der Waals surface area contributed by atoms with Crippen LogP contribution in [0, 0.1) is 0 Å². The van der Waals surface area contributed by atoms with E-state index in [1.54, 1.807) is 0 Å². The number of hydrogen-bond acceptors (Lipinski definition) is 1. The molecule has 2 aliphatic rings. The Morgan fingerprint density at radius 2 is 1.71 bits per heavy atom. The van der Waals surface area contributed by atoms with E-state index in [0.29, 0.717) is 5.78 Å². The van der Waals surface area contributed by atoms with Crippen LogP contribution in [0.5, 0.6) is 0 Å². The summed E-state index contributed by atoms with van der Waals surface area (Å²) in [4.78, 5) is 11.7. The van der Waals surface area contributed by atoms with Crippen LogP contribution in [-0.4, -0.2) is 5.78 Å². The van der Waals surface area contributed by atoms with E-state index in [2.05, 4.69) is 12.2 Å². The summed E-state index contributed by atoms with van der Waals surface area (Å²) in [5.41, 5.74) is 2.39. The fourth-order valence-corrected chi connectivity index (χ4v) is 2.33. The maximum atomic E-state index is 11.7. The zero-order valence-electron chi connectivity index (χ0n) is 8.72. The van der Waals surface area contributed by atoms with Crippen LogP contribution in [0.15, 0.2) is 23.3 Å². The Morgan fingerprint density at radius 3 is 2.57 bits per heavy atom. The van der Waals surface area contributed by atoms with Crippen molar-refractivity contribution in [2.45, 2.75) is 51.4 Å². The molecule has 0 bridgehead atoms. The zero-order valence-corrected chi connectivity index (χ0v) is 8.72. The predicted molar refractivity (Wildman–Crippen MR) is 58.1 cm³/mol. The third-order valence-electron chi connectivity index (χ3n) is 3.14. The van der Waals surface area contributed by atoms with E-state index in [9.17, 15) is 4.79 Å². The smallest absolute Gasteiger partial charge is 0.162 e. The van der Waals surface area contributed by atoms with Gasteiger partial charge in [-0.25, -0.2) is 0 Å². The van der Waals surface area contributed by atoms with Gasteiger partial charge in [0.25, 0.3) is 0 Å². The van der Waals surface area contributed by atoms with Crippen molar-refractivity contribution in [2.75, 3.05) is 0 Å². The molecule has 1 nitrogen and oxygen atoms in total. The highest BCUT2D eigenvalue weighted by Crippen LogP contribution is 2.27. The van der Waals surface area contributed by atoms with Crippen molar-refractivity contribution in [3.05, 3.63) is 23.3 Å². The number of allylic oxidation sites excluding steroid dienone is 4. The summed E-state index contributed by atoms with van der Waals surface area (Å²) in [6.07, 6.45) is 13.5. The molecule has 0 radical (unpaired) electrons. The fourth-order valence-electron chi connectivity index (χ4n) is 2.33. The van der Waals surface area contributed by atoms with Gasteiger partial charge in [-0.3, -0.25) is 4.79 Å². The molecule has 2 rings (SSSR count). The Balaban J connectivity index is 2.15. The van der Waals surface area contributed by atoms with Crippen LogP contribution < -0.4 is 0 Å². The van der Waals surface area contributed by atoms with Crippen molar-refractivity contribution in [3.8, 4) is 0 Å². The van der Waals surface area contributed by atoms with Gasteiger partial charge in [-0.1, -0.05) is 18.6 Å². The van der Waals surface area contributed by atoms with Crippen molar-refractivity contribution < 1.29 is 4.79 Å². The summed E-state index contributed by atoms with van der Waals surface area (Å²) in [7, 11) is 0. The van der Waals surface area contributed by atoms with E-state index >= 15 is 0 Å². The molecule has 1 heteroatoms. The largest absolute Gasteiger partial charge is 0.294 e. The lowest BCUT2D eigenvalue weighted by molar-refractivity contribution is -0.115. The van der Waals surface area contributed by atoms with Gasteiger partial charge < -0.3 is 0 Å². The first-order chi connectivity index (χ1) is 6.88. The number of carbonyl (C=O) groups excluding carboxylic acids is 1. The molecule has 0 aliphatic heterocycles. The van der Waals surface area contributed by atoms with E-state index in [-0.39, 0.29) is 0 Å². The maximum Gasteiger partial charge on any atom is 0.162 e. The van der Waals surface area contributed by atoms with Crippen LogP contribution in [0.3, 0.4) is 0 Å². The summed E-state index contributed by atoms with van der Waals surface area (Å²) in [6, 6.07) is 0. The number of carbonyl (C=O) groups is 1. The lowest BCUT2D eigenvalue weighted by Gasteiger charge is -2.14. The van der Waals surface area contributed by atoms with Gasteiger partial charge in [-0.15, -0.1) is 0 Å². The van der Waals surface area contributed by atoms with Gasteiger partial charge in [0.1, 0.15) is 0 Å². The summed E-state index contributed by atoms with van der Waals surface area (Å²) in [6.45, 7) is 0. The van der Waals surface area contributed by atoms with Crippen LogP contribution in [0.25, 0.3) is 0 Å². The molecule has 14 heavy (non-hydrogen) atoms. The minimum Gasteiger partial charge on any atom is -0.294 e. The SMILES string of the molecule is O=C1CCCC=C1C1=CCCCCC1. The molecule has 0 fully saturated rings. The Labute approximate surface area is 85.9 Å². The molecule has 76 valence electrons. The molecule has 0 saturated carbocycles. The number of ketones is 1. The van der Waals surface area contributed by atoms with Gasteiger partial charge in [0, 0.05) is 12.0 Å². The van der Waals surface area contributed by atoms with E-state index in [4.69, 9.17) is 0 Å². The van der Waals surface area contributed by atoms with Crippen LogP contribution in [0.4, 0.5) is 0 Å². The predicted octanol–water partition coefficient (Wildman–Crippen LogP) is 3.56. The molecule has 0 aromatic heterocycles. The van der Waals surface area contributed by atoms with Crippen molar-refractivity contribution in [3.63, 3.8) is 0 Å². The Hall–Kier alpha value is -0.850.